The van der Waals surface area contributed by atoms with Crippen molar-refractivity contribution in [2.24, 2.45) is 0 Å². The Balaban J connectivity index is 1.47. The zero-order valence-electron chi connectivity index (χ0n) is 16.2. The van der Waals surface area contributed by atoms with Crippen LogP contribution in [0.1, 0.15) is 43.4 Å². The molecule has 0 bridgehead atoms. The molecule has 0 spiro atoms. The summed E-state index contributed by atoms with van der Waals surface area (Å²) in [7, 11) is 1.65. The van der Waals surface area contributed by atoms with Gasteiger partial charge in [-0.05, 0) is 32.2 Å². The molecule has 1 N–H and O–H groups in total. The second-order valence-electron chi connectivity index (χ2n) is 7.04. The van der Waals surface area contributed by atoms with Gasteiger partial charge in [0, 0.05) is 39.7 Å². The lowest BCUT2D eigenvalue weighted by molar-refractivity contribution is 0.0374. The van der Waals surface area contributed by atoms with Crippen molar-refractivity contribution in [2.75, 3.05) is 59.7 Å². The van der Waals surface area contributed by atoms with Crippen molar-refractivity contribution in [3.63, 3.8) is 0 Å². The van der Waals surface area contributed by atoms with Crippen LogP contribution in [0, 0.1) is 0 Å². The van der Waals surface area contributed by atoms with Crippen molar-refractivity contribution < 1.29 is 18.8 Å². The van der Waals surface area contributed by atoms with Crippen LogP contribution < -0.4 is 5.32 Å². The van der Waals surface area contributed by atoms with Gasteiger partial charge in [-0.3, -0.25) is 4.90 Å². The first-order valence-corrected chi connectivity index (χ1v) is 9.94. The molecule has 2 fully saturated rings. The van der Waals surface area contributed by atoms with Crippen LogP contribution in [0.2, 0.25) is 0 Å². The van der Waals surface area contributed by atoms with Gasteiger partial charge in [0.05, 0.1) is 19.8 Å². The molecule has 0 saturated carbocycles. The lowest BCUT2D eigenvalue weighted by Crippen LogP contribution is -2.45. The third kappa shape index (κ3) is 5.88. The molecule has 2 saturated heterocycles. The van der Waals surface area contributed by atoms with Crippen LogP contribution in [0.25, 0.3) is 0 Å². The molecule has 2 amide bonds. The van der Waals surface area contributed by atoms with Gasteiger partial charge in [0.2, 0.25) is 5.89 Å². The number of morpholine rings is 1. The van der Waals surface area contributed by atoms with Crippen molar-refractivity contribution in [1.29, 1.82) is 0 Å². The van der Waals surface area contributed by atoms with E-state index in [4.69, 9.17) is 14.0 Å². The topological polar surface area (TPSA) is 93.0 Å². The minimum Gasteiger partial charge on any atom is -0.384 e. The van der Waals surface area contributed by atoms with Crippen LogP contribution >= 0.6 is 0 Å². The van der Waals surface area contributed by atoms with Crippen LogP contribution in [0.4, 0.5) is 4.79 Å². The van der Waals surface area contributed by atoms with Crippen LogP contribution in [0.15, 0.2) is 4.52 Å². The molecule has 1 aromatic heterocycles. The monoisotopic (exact) mass is 381 g/mol. The molecule has 2 aliphatic rings. The summed E-state index contributed by atoms with van der Waals surface area (Å²) in [6, 6.07) is -0.180. The summed E-state index contributed by atoms with van der Waals surface area (Å²) in [6.07, 6.45) is 4.46. The number of piperidine rings is 1. The molecule has 0 aromatic carbocycles. The molecule has 3 heterocycles. The number of carbonyl (C=O) groups excluding carboxylic acids is 1. The molecule has 1 atom stereocenters. The fourth-order valence-corrected chi connectivity index (χ4v) is 3.55. The Labute approximate surface area is 160 Å². The number of hydrogen-bond donors (Lipinski definition) is 1. The maximum atomic E-state index is 12.7. The van der Waals surface area contributed by atoms with Gasteiger partial charge in [-0.25, -0.2) is 4.79 Å². The standard InChI is InChI=1S/C18H31N5O4/c1-25-12-6-16-20-17(27-21-16)15-5-2-3-9-23(15)18(24)19-7-4-8-22-10-13-26-14-11-22/h15H,2-14H2,1H3,(H,19,24)/t15-/m0/s1. The number of amides is 2. The Hall–Kier alpha value is -1.71. The lowest BCUT2D eigenvalue weighted by atomic mass is 10.0. The Morgan fingerprint density at radius 3 is 2.96 bits per heavy atom. The second kappa shape index (κ2) is 10.6. The molecule has 9 nitrogen and oxygen atoms in total. The molecule has 0 radical (unpaired) electrons. The fourth-order valence-electron chi connectivity index (χ4n) is 3.55. The maximum absolute atomic E-state index is 12.7. The Morgan fingerprint density at radius 2 is 2.15 bits per heavy atom. The summed E-state index contributed by atoms with van der Waals surface area (Å²) < 4.78 is 15.8. The number of nitrogens with one attached hydrogen (secondary N) is 1. The molecule has 1 aromatic rings. The second-order valence-corrected chi connectivity index (χ2v) is 7.04. The van der Waals surface area contributed by atoms with E-state index in [0.29, 0.717) is 31.3 Å². The minimum atomic E-state index is -0.137. The first-order chi connectivity index (χ1) is 13.3. The van der Waals surface area contributed by atoms with Crippen molar-refractivity contribution in [2.45, 2.75) is 38.1 Å². The molecule has 2 aliphatic heterocycles. The predicted molar refractivity (Wildman–Crippen MR) is 98.5 cm³/mol. The summed E-state index contributed by atoms with van der Waals surface area (Å²) >= 11 is 0. The van der Waals surface area contributed by atoms with Gasteiger partial charge in [-0.2, -0.15) is 4.98 Å². The Kier molecular flexibility index (Phi) is 7.85. The number of urea groups is 1. The van der Waals surface area contributed by atoms with E-state index in [-0.39, 0.29) is 12.1 Å². The number of ether oxygens (including phenoxy) is 2. The summed E-state index contributed by atoms with van der Waals surface area (Å²) in [5, 5.41) is 7.06. The van der Waals surface area contributed by atoms with Crippen LogP contribution in [-0.2, 0) is 15.9 Å². The Morgan fingerprint density at radius 1 is 1.30 bits per heavy atom. The maximum Gasteiger partial charge on any atom is 0.318 e. The van der Waals surface area contributed by atoms with E-state index < -0.39 is 0 Å². The number of hydrogen-bond acceptors (Lipinski definition) is 7. The largest absolute Gasteiger partial charge is 0.384 e. The molecule has 9 heteroatoms. The average Bonchev–Trinajstić information content (AvgIpc) is 3.19. The number of methoxy groups -OCH3 is 1. The zero-order valence-corrected chi connectivity index (χ0v) is 16.2. The quantitative estimate of drug-likeness (QED) is 0.677. The number of likely N-dealkylation sites (tertiary alicyclic amines) is 1. The molecule has 3 rings (SSSR count). The molecule has 152 valence electrons. The first kappa shape index (κ1) is 20.0. The van der Waals surface area contributed by atoms with Crippen LogP contribution in [-0.4, -0.2) is 85.6 Å². The van der Waals surface area contributed by atoms with E-state index in [1.807, 2.05) is 4.90 Å². The third-order valence-electron chi connectivity index (χ3n) is 5.09. The van der Waals surface area contributed by atoms with Crippen molar-refractivity contribution in [3.8, 4) is 0 Å². The van der Waals surface area contributed by atoms with E-state index in [0.717, 1.165) is 65.1 Å². The molecule has 0 aliphatic carbocycles. The first-order valence-electron chi connectivity index (χ1n) is 9.94. The normalized spacial score (nSPS) is 21.4. The van der Waals surface area contributed by atoms with Crippen molar-refractivity contribution in [3.05, 3.63) is 11.7 Å². The highest BCUT2D eigenvalue weighted by atomic mass is 16.5. The van der Waals surface area contributed by atoms with Gasteiger partial charge >= 0.3 is 6.03 Å². The SMILES string of the molecule is COCCc1noc([C@@H]2CCCCN2C(=O)NCCCN2CCOCC2)n1. The van der Waals surface area contributed by atoms with E-state index >= 15 is 0 Å². The molecule has 27 heavy (non-hydrogen) atoms. The van der Waals surface area contributed by atoms with E-state index in [1.54, 1.807) is 7.11 Å². The van der Waals surface area contributed by atoms with Gasteiger partial charge < -0.3 is 24.2 Å². The average molecular weight is 381 g/mol. The summed E-state index contributed by atoms with van der Waals surface area (Å²) in [6.45, 7) is 6.49. The van der Waals surface area contributed by atoms with Gasteiger partial charge in [0.25, 0.3) is 0 Å². The Bertz CT molecular complexity index is 576. The zero-order chi connectivity index (χ0) is 18.9. The van der Waals surface area contributed by atoms with Gasteiger partial charge in [-0.15, -0.1) is 0 Å². The number of nitrogens with zero attached hydrogens (tertiary/aromatic N) is 4. The number of rotatable bonds is 8. The molecule has 0 unspecified atom stereocenters. The van der Waals surface area contributed by atoms with Gasteiger partial charge in [0.15, 0.2) is 5.82 Å². The number of aromatic nitrogens is 2. The van der Waals surface area contributed by atoms with Crippen LogP contribution in [0.3, 0.4) is 0 Å². The minimum absolute atomic E-state index is 0.0432. The number of carbonyl (C=O) groups is 1. The lowest BCUT2D eigenvalue weighted by Gasteiger charge is -2.33. The smallest absolute Gasteiger partial charge is 0.318 e. The van der Waals surface area contributed by atoms with Crippen molar-refractivity contribution in [1.82, 2.24) is 25.3 Å². The highest BCUT2D eigenvalue weighted by Gasteiger charge is 2.32. The third-order valence-corrected chi connectivity index (χ3v) is 5.09. The fraction of sp³-hybridized carbons (Fsp3) is 0.833. The highest BCUT2D eigenvalue weighted by molar-refractivity contribution is 5.74. The summed E-state index contributed by atoms with van der Waals surface area (Å²) in [5.41, 5.74) is 0. The highest BCUT2D eigenvalue weighted by Crippen LogP contribution is 2.29. The van der Waals surface area contributed by atoms with E-state index in [2.05, 4.69) is 20.4 Å². The summed E-state index contributed by atoms with van der Waals surface area (Å²) in [5.74, 6) is 1.16. The predicted octanol–water partition coefficient (Wildman–Crippen LogP) is 1.22. The van der Waals surface area contributed by atoms with Crippen LogP contribution in [0.5, 0.6) is 0 Å². The molecular formula is C18H31N5O4. The molecular weight excluding hydrogens is 350 g/mol. The van der Waals surface area contributed by atoms with Gasteiger partial charge in [-0.1, -0.05) is 5.16 Å². The van der Waals surface area contributed by atoms with E-state index in [1.165, 1.54) is 0 Å². The van der Waals surface area contributed by atoms with Gasteiger partial charge in [0.1, 0.15) is 6.04 Å². The summed E-state index contributed by atoms with van der Waals surface area (Å²) in [4.78, 5) is 21.4. The van der Waals surface area contributed by atoms with E-state index in [9.17, 15) is 4.79 Å². The van der Waals surface area contributed by atoms with Crippen molar-refractivity contribution >= 4 is 6.03 Å².